The molecule has 2 aromatic carbocycles. The number of hydrogen-bond acceptors (Lipinski definition) is 2. The summed E-state index contributed by atoms with van der Waals surface area (Å²) >= 11 is 1.25. The Morgan fingerprint density at radius 1 is 1.00 bits per heavy atom. The predicted molar refractivity (Wildman–Crippen MR) is 66.8 cm³/mol. The second kappa shape index (κ2) is 5.19. The molecule has 0 aliphatic carbocycles. The zero-order valence-corrected chi connectivity index (χ0v) is 9.81. The van der Waals surface area contributed by atoms with Crippen LogP contribution in [0.15, 0.2) is 47.4 Å². The molecule has 2 aromatic rings. The van der Waals surface area contributed by atoms with Crippen LogP contribution in [0.5, 0.6) is 0 Å². The molecule has 0 saturated heterocycles. The molecule has 2 rings (SSSR count). The summed E-state index contributed by atoms with van der Waals surface area (Å²) in [5, 5.41) is 0. The van der Waals surface area contributed by atoms with E-state index in [2.05, 4.69) is 0 Å². The van der Waals surface area contributed by atoms with Crippen LogP contribution in [0.3, 0.4) is 0 Å². The van der Waals surface area contributed by atoms with Crippen molar-refractivity contribution in [2.45, 2.75) is 10.6 Å². The summed E-state index contributed by atoms with van der Waals surface area (Å²) in [6, 6.07) is 11.0. The molecule has 0 aliphatic rings. The summed E-state index contributed by atoms with van der Waals surface area (Å²) in [5.41, 5.74) is 6.40. The zero-order valence-electron chi connectivity index (χ0n) is 8.99. The second-order valence-electron chi connectivity index (χ2n) is 3.57. The number of nitrogens with two attached hydrogens (primary N) is 1. The predicted octanol–water partition coefficient (Wildman–Crippen LogP) is 3.84. The Morgan fingerprint density at radius 2 is 1.76 bits per heavy atom. The van der Waals surface area contributed by atoms with Crippen molar-refractivity contribution in [2.75, 3.05) is 5.73 Å². The SMILES string of the molecule is Nc1ccc(SCc2ccccc2F)c(F)c1. The molecule has 0 amide bonds. The number of hydrogen-bond donors (Lipinski definition) is 1. The third-order valence-corrected chi connectivity index (χ3v) is 3.39. The van der Waals surface area contributed by atoms with Crippen LogP contribution in [0.1, 0.15) is 5.56 Å². The molecule has 0 unspecified atom stereocenters. The highest BCUT2D eigenvalue weighted by Crippen LogP contribution is 2.27. The van der Waals surface area contributed by atoms with Crippen LogP contribution in [-0.4, -0.2) is 0 Å². The highest BCUT2D eigenvalue weighted by molar-refractivity contribution is 7.98. The molecule has 0 spiro atoms. The molecule has 4 heteroatoms. The Kier molecular flexibility index (Phi) is 3.64. The van der Waals surface area contributed by atoms with Crippen molar-refractivity contribution < 1.29 is 8.78 Å². The molecular weight excluding hydrogens is 240 g/mol. The van der Waals surface area contributed by atoms with Crippen LogP contribution in [0.2, 0.25) is 0 Å². The van der Waals surface area contributed by atoms with E-state index in [9.17, 15) is 8.78 Å². The van der Waals surface area contributed by atoms with E-state index < -0.39 is 0 Å². The third-order valence-electron chi connectivity index (χ3n) is 2.30. The first kappa shape index (κ1) is 11.9. The van der Waals surface area contributed by atoms with Gasteiger partial charge < -0.3 is 5.73 Å². The molecule has 0 radical (unpaired) electrons. The van der Waals surface area contributed by atoms with Crippen LogP contribution >= 0.6 is 11.8 Å². The number of rotatable bonds is 3. The molecule has 1 nitrogen and oxygen atoms in total. The van der Waals surface area contributed by atoms with Crippen LogP contribution in [-0.2, 0) is 5.75 Å². The van der Waals surface area contributed by atoms with E-state index >= 15 is 0 Å². The number of nitrogen functional groups attached to an aromatic ring is 1. The summed E-state index contributed by atoms with van der Waals surface area (Å²) in [5.74, 6) is -0.241. The third kappa shape index (κ3) is 2.97. The van der Waals surface area contributed by atoms with Gasteiger partial charge in [0, 0.05) is 16.3 Å². The van der Waals surface area contributed by atoms with Crippen molar-refractivity contribution in [2.24, 2.45) is 0 Å². The van der Waals surface area contributed by atoms with Crippen LogP contribution in [0, 0.1) is 11.6 Å². The van der Waals surface area contributed by atoms with Gasteiger partial charge in [0.2, 0.25) is 0 Å². The molecule has 0 atom stereocenters. The van der Waals surface area contributed by atoms with Gasteiger partial charge in [-0.3, -0.25) is 0 Å². The molecule has 88 valence electrons. The van der Waals surface area contributed by atoms with Crippen molar-refractivity contribution in [3.8, 4) is 0 Å². The average Bonchev–Trinajstić information content (AvgIpc) is 2.30. The summed E-state index contributed by atoms with van der Waals surface area (Å²) < 4.78 is 26.8. The first-order chi connectivity index (χ1) is 8.16. The summed E-state index contributed by atoms with van der Waals surface area (Å²) in [6.07, 6.45) is 0. The van der Waals surface area contributed by atoms with Gasteiger partial charge in [-0.05, 0) is 29.8 Å². The number of halogens is 2. The Balaban J connectivity index is 2.10. The maximum Gasteiger partial charge on any atom is 0.138 e. The fourth-order valence-corrected chi connectivity index (χ4v) is 2.31. The summed E-state index contributed by atoms with van der Waals surface area (Å²) in [7, 11) is 0. The summed E-state index contributed by atoms with van der Waals surface area (Å²) in [4.78, 5) is 0.474. The standard InChI is InChI=1S/C13H11F2NS/c14-11-4-2-1-3-9(11)8-17-13-6-5-10(16)7-12(13)15/h1-7H,8,16H2. The minimum absolute atomic E-state index is 0.268. The molecule has 2 N–H and O–H groups in total. The minimum atomic E-state index is -0.369. The molecule has 0 bridgehead atoms. The van der Waals surface area contributed by atoms with E-state index in [1.807, 2.05) is 0 Å². The first-order valence-corrected chi connectivity index (χ1v) is 6.06. The van der Waals surface area contributed by atoms with E-state index in [4.69, 9.17) is 5.73 Å². The Hall–Kier alpha value is -1.55. The van der Waals surface area contributed by atoms with Gasteiger partial charge in [0.05, 0.1) is 0 Å². The van der Waals surface area contributed by atoms with Gasteiger partial charge in [-0.1, -0.05) is 18.2 Å². The van der Waals surface area contributed by atoms with Gasteiger partial charge in [0.15, 0.2) is 0 Å². The van der Waals surface area contributed by atoms with Gasteiger partial charge in [-0.25, -0.2) is 8.78 Å². The Bertz CT molecular complexity index is 529. The number of anilines is 1. The number of benzene rings is 2. The van der Waals surface area contributed by atoms with Crippen molar-refractivity contribution in [1.29, 1.82) is 0 Å². The van der Waals surface area contributed by atoms with Gasteiger partial charge in [0.1, 0.15) is 11.6 Å². The fraction of sp³-hybridized carbons (Fsp3) is 0.0769. The molecule has 0 heterocycles. The lowest BCUT2D eigenvalue weighted by Gasteiger charge is -2.05. The Morgan fingerprint density at radius 3 is 2.47 bits per heavy atom. The average molecular weight is 251 g/mol. The van der Waals surface area contributed by atoms with E-state index in [-0.39, 0.29) is 11.6 Å². The minimum Gasteiger partial charge on any atom is -0.399 e. The van der Waals surface area contributed by atoms with Gasteiger partial charge in [-0.15, -0.1) is 11.8 Å². The van der Waals surface area contributed by atoms with Gasteiger partial charge >= 0.3 is 0 Å². The maximum absolute atomic E-state index is 13.5. The topological polar surface area (TPSA) is 26.0 Å². The van der Waals surface area contributed by atoms with Crippen molar-refractivity contribution in [3.05, 3.63) is 59.7 Å². The second-order valence-corrected chi connectivity index (χ2v) is 4.59. The van der Waals surface area contributed by atoms with Gasteiger partial charge in [-0.2, -0.15) is 0 Å². The molecule has 0 fully saturated rings. The molecular formula is C13H11F2NS. The maximum atomic E-state index is 13.5. The quantitative estimate of drug-likeness (QED) is 0.662. The van der Waals surface area contributed by atoms with Gasteiger partial charge in [0.25, 0.3) is 0 Å². The lowest BCUT2D eigenvalue weighted by atomic mass is 10.2. The lowest BCUT2D eigenvalue weighted by Crippen LogP contribution is -1.90. The highest BCUT2D eigenvalue weighted by Gasteiger charge is 2.06. The monoisotopic (exact) mass is 251 g/mol. The van der Waals surface area contributed by atoms with Crippen LogP contribution in [0.4, 0.5) is 14.5 Å². The zero-order chi connectivity index (χ0) is 12.3. The fourth-order valence-electron chi connectivity index (χ4n) is 1.41. The van der Waals surface area contributed by atoms with E-state index in [1.54, 1.807) is 30.3 Å². The number of thioether (sulfide) groups is 1. The summed E-state index contributed by atoms with van der Waals surface area (Å²) in [6.45, 7) is 0. The smallest absolute Gasteiger partial charge is 0.138 e. The molecule has 0 aliphatic heterocycles. The van der Waals surface area contributed by atoms with Crippen molar-refractivity contribution in [1.82, 2.24) is 0 Å². The van der Waals surface area contributed by atoms with E-state index in [1.165, 1.54) is 23.9 Å². The van der Waals surface area contributed by atoms with Crippen molar-refractivity contribution in [3.63, 3.8) is 0 Å². The first-order valence-electron chi connectivity index (χ1n) is 5.08. The van der Waals surface area contributed by atoms with E-state index in [0.717, 1.165) is 0 Å². The normalized spacial score (nSPS) is 10.5. The highest BCUT2D eigenvalue weighted by atomic mass is 32.2. The van der Waals surface area contributed by atoms with E-state index in [0.29, 0.717) is 21.9 Å². The Labute approximate surface area is 103 Å². The molecule has 0 saturated carbocycles. The van der Waals surface area contributed by atoms with Crippen LogP contribution in [0.25, 0.3) is 0 Å². The molecule has 0 aromatic heterocycles. The van der Waals surface area contributed by atoms with Crippen LogP contribution < -0.4 is 5.73 Å². The van der Waals surface area contributed by atoms with Crippen molar-refractivity contribution >= 4 is 17.4 Å². The molecule has 17 heavy (non-hydrogen) atoms. The largest absolute Gasteiger partial charge is 0.399 e. The lowest BCUT2D eigenvalue weighted by molar-refractivity contribution is 0.602.